The summed E-state index contributed by atoms with van der Waals surface area (Å²) in [5.74, 6) is -0.213. The molecule has 0 bridgehead atoms. The Kier molecular flexibility index (Phi) is 4.47. The van der Waals surface area contributed by atoms with Crippen molar-refractivity contribution < 1.29 is 4.79 Å². The van der Waals surface area contributed by atoms with Crippen LogP contribution in [0.2, 0.25) is 5.02 Å². The van der Waals surface area contributed by atoms with Crippen LogP contribution in [0.4, 0.5) is 5.69 Å². The number of carbonyl (C=O) groups is 1. The zero-order chi connectivity index (χ0) is 17.9. The second-order valence-corrected chi connectivity index (χ2v) is 6.81. The van der Waals surface area contributed by atoms with E-state index < -0.39 is 0 Å². The molecule has 1 N–H and O–H groups in total. The number of rotatable bonds is 4. The minimum atomic E-state index is -0.213. The first kappa shape index (κ1) is 16.4. The second-order valence-electron chi connectivity index (χ2n) is 5.42. The molecule has 2 heterocycles. The van der Waals surface area contributed by atoms with Gasteiger partial charge in [0.1, 0.15) is 11.3 Å². The Bertz CT molecular complexity index is 1070. The number of anilines is 1. The van der Waals surface area contributed by atoms with E-state index in [4.69, 9.17) is 11.6 Å². The lowest BCUT2D eigenvalue weighted by molar-refractivity contribution is -0.111. The number of halogens is 1. The molecule has 4 rings (SSSR count). The molecule has 1 amide bonds. The maximum absolute atomic E-state index is 12.1. The van der Waals surface area contributed by atoms with Gasteiger partial charge in [-0.2, -0.15) is 9.61 Å². The lowest BCUT2D eigenvalue weighted by atomic mass is 10.2. The average Bonchev–Trinajstić information content (AvgIpc) is 3.23. The SMILES string of the molecule is O=C(/C=C/c1ccc(Cl)cc1)Nc1cccc(-c2nn3cnnc3s2)c1. The smallest absolute Gasteiger partial charge is 0.248 e. The topological polar surface area (TPSA) is 72.2 Å². The summed E-state index contributed by atoms with van der Waals surface area (Å²) < 4.78 is 1.63. The fourth-order valence-electron chi connectivity index (χ4n) is 2.34. The van der Waals surface area contributed by atoms with Crippen LogP contribution in [0.5, 0.6) is 0 Å². The summed E-state index contributed by atoms with van der Waals surface area (Å²) in [5.41, 5.74) is 2.50. The maximum Gasteiger partial charge on any atom is 0.248 e. The van der Waals surface area contributed by atoms with Crippen molar-refractivity contribution in [2.75, 3.05) is 5.32 Å². The first-order valence-corrected chi connectivity index (χ1v) is 8.89. The van der Waals surface area contributed by atoms with Crippen LogP contribution in [0.25, 0.3) is 21.6 Å². The highest BCUT2D eigenvalue weighted by atomic mass is 35.5. The van der Waals surface area contributed by atoms with Gasteiger partial charge in [-0.05, 0) is 35.9 Å². The molecule has 4 aromatic rings. The molecule has 2 aromatic carbocycles. The van der Waals surface area contributed by atoms with Gasteiger partial charge in [0, 0.05) is 22.3 Å². The Hall–Kier alpha value is -3.03. The number of hydrogen-bond acceptors (Lipinski definition) is 5. The molecule has 0 fully saturated rings. The van der Waals surface area contributed by atoms with E-state index in [0.717, 1.165) is 21.1 Å². The number of aromatic nitrogens is 4. The van der Waals surface area contributed by atoms with E-state index >= 15 is 0 Å². The van der Waals surface area contributed by atoms with E-state index in [2.05, 4.69) is 20.6 Å². The van der Waals surface area contributed by atoms with Crippen LogP contribution in [0.3, 0.4) is 0 Å². The van der Waals surface area contributed by atoms with Crippen molar-refractivity contribution in [2.45, 2.75) is 0 Å². The van der Waals surface area contributed by atoms with E-state index in [1.54, 1.807) is 29.1 Å². The molecule has 2 aromatic heterocycles. The van der Waals surface area contributed by atoms with E-state index in [9.17, 15) is 4.79 Å². The zero-order valence-corrected chi connectivity index (χ0v) is 14.9. The molecule has 0 aliphatic carbocycles. The van der Waals surface area contributed by atoms with E-state index in [-0.39, 0.29) is 5.91 Å². The Morgan fingerprint density at radius 2 is 2.04 bits per heavy atom. The third kappa shape index (κ3) is 3.63. The number of fused-ring (bicyclic) bond motifs is 1. The standard InChI is InChI=1S/C18H12ClN5OS/c19-14-7-4-12(5-8-14)6-9-16(25)21-15-3-1-2-13(10-15)17-23-24-11-20-22-18(24)26-17/h1-11H,(H,21,25)/b9-6+. The summed E-state index contributed by atoms with van der Waals surface area (Å²) in [6.07, 6.45) is 4.78. The molecule has 0 atom stereocenters. The second kappa shape index (κ2) is 7.07. The predicted molar refractivity (Wildman–Crippen MR) is 103 cm³/mol. The van der Waals surface area contributed by atoms with Crippen LogP contribution < -0.4 is 5.32 Å². The van der Waals surface area contributed by atoms with Gasteiger partial charge in [0.05, 0.1) is 0 Å². The minimum absolute atomic E-state index is 0.213. The molecule has 0 unspecified atom stereocenters. The normalized spacial score (nSPS) is 11.3. The molecule has 0 aliphatic rings. The van der Waals surface area contributed by atoms with Gasteiger partial charge in [0.15, 0.2) is 0 Å². The Morgan fingerprint density at radius 1 is 1.19 bits per heavy atom. The predicted octanol–water partition coefficient (Wildman–Crippen LogP) is 4.16. The lowest BCUT2D eigenvalue weighted by Crippen LogP contribution is -2.07. The number of benzene rings is 2. The summed E-state index contributed by atoms with van der Waals surface area (Å²) >= 11 is 7.28. The Morgan fingerprint density at radius 3 is 2.85 bits per heavy atom. The summed E-state index contributed by atoms with van der Waals surface area (Å²) in [5, 5.41) is 16.5. The van der Waals surface area contributed by atoms with Gasteiger partial charge in [0.25, 0.3) is 0 Å². The van der Waals surface area contributed by atoms with Crippen LogP contribution in [0.1, 0.15) is 5.56 Å². The fraction of sp³-hybridized carbons (Fsp3) is 0. The number of nitrogens with one attached hydrogen (secondary N) is 1. The van der Waals surface area contributed by atoms with Gasteiger partial charge in [-0.25, -0.2) is 0 Å². The van der Waals surface area contributed by atoms with Gasteiger partial charge in [-0.1, -0.05) is 47.2 Å². The van der Waals surface area contributed by atoms with Crippen molar-refractivity contribution >= 4 is 45.6 Å². The number of carbonyl (C=O) groups excluding carboxylic acids is 1. The molecule has 0 spiro atoms. The van der Waals surface area contributed by atoms with Crippen molar-refractivity contribution in [3.05, 3.63) is 71.5 Å². The van der Waals surface area contributed by atoms with Gasteiger partial charge >= 0.3 is 0 Å². The molecule has 0 saturated heterocycles. The summed E-state index contributed by atoms with van der Waals surface area (Å²) in [7, 11) is 0. The van der Waals surface area contributed by atoms with Crippen molar-refractivity contribution in [3.63, 3.8) is 0 Å². The molecule has 6 nitrogen and oxygen atoms in total. The lowest BCUT2D eigenvalue weighted by Gasteiger charge is -2.04. The van der Waals surface area contributed by atoms with Crippen molar-refractivity contribution in [1.29, 1.82) is 0 Å². The highest BCUT2D eigenvalue weighted by Gasteiger charge is 2.08. The summed E-state index contributed by atoms with van der Waals surface area (Å²) in [6, 6.07) is 14.8. The summed E-state index contributed by atoms with van der Waals surface area (Å²) in [6.45, 7) is 0. The molecular weight excluding hydrogens is 370 g/mol. The van der Waals surface area contributed by atoms with E-state index in [1.165, 1.54) is 17.4 Å². The molecule has 0 saturated carbocycles. The third-order valence-electron chi connectivity index (χ3n) is 3.56. The first-order valence-electron chi connectivity index (χ1n) is 7.69. The van der Waals surface area contributed by atoms with Crippen LogP contribution in [-0.2, 0) is 4.79 Å². The van der Waals surface area contributed by atoms with Crippen molar-refractivity contribution in [2.24, 2.45) is 0 Å². The first-order chi connectivity index (χ1) is 12.7. The van der Waals surface area contributed by atoms with Gasteiger partial charge < -0.3 is 5.32 Å². The Balaban J connectivity index is 1.48. The molecular formula is C18H12ClN5OS. The molecule has 0 radical (unpaired) electrons. The van der Waals surface area contributed by atoms with E-state index in [1.807, 2.05) is 36.4 Å². The van der Waals surface area contributed by atoms with Crippen LogP contribution in [0, 0.1) is 0 Å². The van der Waals surface area contributed by atoms with Crippen LogP contribution >= 0.6 is 22.9 Å². The minimum Gasteiger partial charge on any atom is -0.322 e. The zero-order valence-electron chi connectivity index (χ0n) is 13.3. The monoisotopic (exact) mass is 381 g/mol. The highest BCUT2D eigenvalue weighted by Crippen LogP contribution is 2.26. The average molecular weight is 382 g/mol. The van der Waals surface area contributed by atoms with Gasteiger partial charge in [0.2, 0.25) is 10.9 Å². The van der Waals surface area contributed by atoms with Gasteiger partial charge in [-0.3, -0.25) is 4.79 Å². The largest absolute Gasteiger partial charge is 0.322 e. The maximum atomic E-state index is 12.1. The van der Waals surface area contributed by atoms with Crippen molar-refractivity contribution in [1.82, 2.24) is 19.8 Å². The fourth-order valence-corrected chi connectivity index (χ4v) is 3.28. The quantitative estimate of drug-likeness (QED) is 0.539. The number of hydrogen-bond donors (Lipinski definition) is 1. The molecule has 8 heteroatoms. The van der Waals surface area contributed by atoms with E-state index in [0.29, 0.717) is 10.7 Å². The number of amides is 1. The summed E-state index contributed by atoms with van der Waals surface area (Å²) in [4.78, 5) is 12.9. The van der Waals surface area contributed by atoms with Gasteiger partial charge in [-0.15, -0.1) is 10.2 Å². The Labute approximate surface area is 157 Å². The molecule has 0 aliphatic heterocycles. The van der Waals surface area contributed by atoms with Crippen LogP contribution in [-0.4, -0.2) is 25.7 Å². The number of nitrogens with zero attached hydrogens (tertiary/aromatic N) is 4. The molecule has 128 valence electrons. The van der Waals surface area contributed by atoms with Crippen molar-refractivity contribution in [3.8, 4) is 10.6 Å². The molecule has 26 heavy (non-hydrogen) atoms. The van der Waals surface area contributed by atoms with Crippen LogP contribution in [0.15, 0.2) is 60.9 Å². The highest BCUT2D eigenvalue weighted by molar-refractivity contribution is 7.19. The third-order valence-corrected chi connectivity index (χ3v) is 4.77.